The van der Waals surface area contributed by atoms with Crippen molar-refractivity contribution in [3.8, 4) is 0 Å². The van der Waals surface area contributed by atoms with Crippen molar-refractivity contribution < 1.29 is 14.0 Å². The monoisotopic (exact) mass is 376 g/mol. The first kappa shape index (κ1) is 19.9. The van der Waals surface area contributed by atoms with Crippen molar-refractivity contribution in [1.29, 1.82) is 0 Å². The van der Waals surface area contributed by atoms with Crippen molar-refractivity contribution in [2.75, 3.05) is 7.05 Å². The van der Waals surface area contributed by atoms with Gasteiger partial charge in [-0.3, -0.25) is 9.59 Å². The van der Waals surface area contributed by atoms with Crippen LogP contribution in [0.15, 0.2) is 48.5 Å². The van der Waals surface area contributed by atoms with Crippen molar-refractivity contribution in [2.24, 2.45) is 0 Å². The molecule has 6 heteroatoms. The number of hydrogen-bond donors (Lipinski definition) is 1. The third-order valence-electron chi connectivity index (χ3n) is 4.14. The van der Waals surface area contributed by atoms with Crippen LogP contribution in [0.2, 0.25) is 5.02 Å². The molecule has 0 spiro atoms. The summed E-state index contributed by atoms with van der Waals surface area (Å²) in [7, 11) is 1.54. The molecule has 0 fully saturated rings. The highest BCUT2D eigenvalue weighted by Gasteiger charge is 2.28. The Morgan fingerprint density at radius 2 is 1.85 bits per heavy atom. The third-order valence-corrected chi connectivity index (χ3v) is 4.38. The van der Waals surface area contributed by atoms with Crippen LogP contribution in [0.4, 0.5) is 4.39 Å². The Kier molecular flexibility index (Phi) is 7.16. The van der Waals surface area contributed by atoms with Gasteiger partial charge in [0.1, 0.15) is 11.9 Å². The van der Waals surface area contributed by atoms with E-state index < -0.39 is 6.04 Å². The van der Waals surface area contributed by atoms with Crippen LogP contribution in [-0.2, 0) is 22.6 Å². The van der Waals surface area contributed by atoms with Crippen LogP contribution in [0.3, 0.4) is 0 Å². The maximum atomic E-state index is 13.2. The number of nitrogens with one attached hydrogen (secondary N) is 1. The molecule has 0 aromatic heterocycles. The normalized spacial score (nSPS) is 11.7. The highest BCUT2D eigenvalue weighted by Crippen LogP contribution is 2.17. The van der Waals surface area contributed by atoms with E-state index in [1.807, 2.05) is 13.0 Å². The molecular weight excluding hydrogens is 355 g/mol. The predicted molar refractivity (Wildman–Crippen MR) is 100 cm³/mol. The molecule has 2 amide bonds. The second-order valence-corrected chi connectivity index (χ2v) is 6.43. The first-order chi connectivity index (χ1) is 12.4. The van der Waals surface area contributed by atoms with Gasteiger partial charge in [0.05, 0.1) is 6.42 Å². The van der Waals surface area contributed by atoms with Gasteiger partial charge >= 0.3 is 0 Å². The molecule has 1 unspecified atom stereocenters. The summed E-state index contributed by atoms with van der Waals surface area (Å²) in [6.07, 6.45) is 0.609. The minimum Gasteiger partial charge on any atom is -0.357 e. The van der Waals surface area contributed by atoms with Crippen LogP contribution < -0.4 is 5.32 Å². The summed E-state index contributed by atoms with van der Waals surface area (Å²) in [6.45, 7) is 2.08. The summed E-state index contributed by atoms with van der Waals surface area (Å²) in [5.74, 6) is -0.759. The lowest BCUT2D eigenvalue weighted by Crippen LogP contribution is -2.48. The van der Waals surface area contributed by atoms with Gasteiger partial charge in [0.2, 0.25) is 11.8 Å². The Balaban J connectivity index is 2.27. The molecule has 4 nitrogen and oxygen atoms in total. The molecule has 26 heavy (non-hydrogen) atoms. The molecule has 0 saturated carbocycles. The van der Waals surface area contributed by atoms with Gasteiger partial charge in [-0.25, -0.2) is 4.39 Å². The zero-order valence-corrected chi connectivity index (χ0v) is 15.6. The largest absolute Gasteiger partial charge is 0.357 e. The average Bonchev–Trinajstić information content (AvgIpc) is 2.62. The molecule has 1 atom stereocenters. The third kappa shape index (κ3) is 5.30. The van der Waals surface area contributed by atoms with E-state index in [9.17, 15) is 14.0 Å². The number of benzene rings is 2. The lowest BCUT2D eigenvalue weighted by Gasteiger charge is -2.30. The Morgan fingerprint density at radius 3 is 2.42 bits per heavy atom. The predicted octanol–water partition coefficient (Wildman–Crippen LogP) is 3.58. The van der Waals surface area contributed by atoms with Crippen molar-refractivity contribution in [1.82, 2.24) is 10.2 Å². The fourth-order valence-corrected chi connectivity index (χ4v) is 3.01. The van der Waals surface area contributed by atoms with Crippen molar-refractivity contribution in [3.05, 3.63) is 70.5 Å². The van der Waals surface area contributed by atoms with Crippen LogP contribution in [0.1, 0.15) is 24.5 Å². The van der Waals surface area contributed by atoms with Gasteiger partial charge in [-0.2, -0.15) is 0 Å². The molecule has 0 bridgehead atoms. The number of hydrogen-bond acceptors (Lipinski definition) is 2. The Morgan fingerprint density at radius 1 is 1.15 bits per heavy atom. The summed E-state index contributed by atoms with van der Waals surface area (Å²) in [5.41, 5.74) is 1.53. The highest BCUT2D eigenvalue weighted by atomic mass is 35.5. The number of carbonyl (C=O) groups is 2. The molecule has 0 saturated heterocycles. The summed E-state index contributed by atoms with van der Waals surface area (Å²) >= 11 is 5.99. The molecule has 0 heterocycles. The van der Waals surface area contributed by atoms with Crippen LogP contribution in [-0.4, -0.2) is 29.8 Å². The van der Waals surface area contributed by atoms with E-state index in [1.54, 1.807) is 37.4 Å². The lowest BCUT2D eigenvalue weighted by molar-refractivity contribution is -0.140. The highest BCUT2D eigenvalue weighted by molar-refractivity contribution is 6.30. The number of carbonyl (C=O) groups excluding carboxylic acids is 2. The van der Waals surface area contributed by atoms with Crippen LogP contribution in [0.25, 0.3) is 0 Å². The molecule has 2 rings (SSSR count). The maximum absolute atomic E-state index is 13.2. The van der Waals surface area contributed by atoms with Crippen molar-refractivity contribution in [3.63, 3.8) is 0 Å². The number of nitrogens with zero attached hydrogens (tertiary/aromatic N) is 1. The van der Waals surface area contributed by atoms with Gasteiger partial charge in [-0.05, 0) is 41.8 Å². The average molecular weight is 377 g/mol. The zero-order valence-electron chi connectivity index (χ0n) is 14.8. The second kappa shape index (κ2) is 9.34. The van der Waals surface area contributed by atoms with Crippen LogP contribution in [0.5, 0.6) is 0 Å². The molecule has 138 valence electrons. The molecule has 2 aromatic rings. The second-order valence-electron chi connectivity index (χ2n) is 5.99. The summed E-state index contributed by atoms with van der Waals surface area (Å²) in [5, 5.41) is 3.16. The van der Waals surface area contributed by atoms with E-state index in [-0.39, 0.29) is 30.6 Å². The fourth-order valence-electron chi connectivity index (χ4n) is 2.80. The maximum Gasteiger partial charge on any atom is 0.242 e. The molecular formula is C20H22ClFN2O2. The Hall–Kier alpha value is -2.40. The molecule has 0 aliphatic carbocycles. The quantitative estimate of drug-likeness (QED) is 0.803. The molecule has 1 N–H and O–H groups in total. The standard InChI is InChI=1S/C20H22ClFN2O2/c1-3-18(20(26)23-2)24(13-14-7-9-17(22)10-8-14)19(25)12-15-5-4-6-16(21)11-15/h4-11,18H,3,12-13H2,1-2H3,(H,23,26). The van der Waals surface area contributed by atoms with E-state index >= 15 is 0 Å². The van der Waals surface area contributed by atoms with Crippen LogP contribution in [0, 0.1) is 5.82 Å². The van der Waals surface area contributed by atoms with Gasteiger partial charge in [0, 0.05) is 18.6 Å². The van der Waals surface area contributed by atoms with E-state index in [2.05, 4.69) is 5.32 Å². The van der Waals surface area contributed by atoms with Gasteiger partial charge in [-0.15, -0.1) is 0 Å². The van der Waals surface area contributed by atoms with Gasteiger partial charge in [0.15, 0.2) is 0 Å². The fraction of sp³-hybridized carbons (Fsp3) is 0.300. The number of likely N-dealkylation sites (N-methyl/N-ethyl adjacent to an activating group) is 1. The first-order valence-electron chi connectivity index (χ1n) is 8.44. The number of rotatable bonds is 7. The first-order valence-corrected chi connectivity index (χ1v) is 8.82. The van der Waals surface area contributed by atoms with Gasteiger partial charge in [-0.1, -0.05) is 42.8 Å². The Bertz CT molecular complexity index is 765. The van der Waals surface area contributed by atoms with Crippen molar-refractivity contribution >= 4 is 23.4 Å². The van der Waals surface area contributed by atoms with Gasteiger partial charge < -0.3 is 10.2 Å². The minimum atomic E-state index is -0.600. The number of amides is 2. The summed E-state index contributed by atoms with van der Waals surface area (Å²) < 4.78 is 13.2. The smallest absolute Gasteiger partial charge is 0.242 e. The van der Waals surface area contributed by atoms with E-state index in [0.29, 0.717) is 11.4 Å². The van der Waals surface area contributed by atoms with E-state index in [0.717, 1.165) is 11.1 Å². The van der Waals surface area contributed by atoms with Crippen molar-refractivity contribution in [2.45, 2.75) is 32.4 Å². The molecule has 2 aromatic carbocycles. The Labute approximate surface area is 158 Å². The van der Waals surface area contributed by atoms with E-state index in [1.165, 1.54) is 17.0 Å². The topological polar surface area (TPSA) is 49.4 Å². The summed E-state index contributed by atoms with van der Waals surface area (Å²) in [4.78, 5) is 26.7. The zero-order chi connectivity index (χ0) is 19.1. The number of halogens is 2. The lowest BCUT2D eigenvalue weighted by atomic mass is 10.1. The van der Waals surface area contributed by atoms with Gasteiger partial charge in [0.25, 0.3) is 0 Å². The molecule has 0 aliphatic rings. The SMILES string of the molecule is CCC(C(=O)NC)N(Cc1ccc(F)cc1)C(=O)Cc1cccc(Cl)c1. The summed E-state index contributed by atoms with van der Waals surface area (Å²) in [6, 6.07) is 12.4. The van der Waals surface area contributed by atoms with E-state index in [4.69, 9.17) is 11.6 Å². The van der Waals surface area contributed by atoms with Crippen LogP contribution >= 0.6 is 11.6 Å². The molecule has 0 aliphatic heterocycles. The molecule has 0 radical (unpaired) electrons. The minimum absolute atomic E-state index is 0.134.